The average molecular weight is 431 g/mol. The molecule has 2 aromatic rings. The minimum absolute atomic E-state index is 0.151. The molecule has 30 heavy (non-hydrogen) atoms. The van der Waals surface area contributed by atoms with Gasteiger partial charge < -0.3 is 15.0 Å². The lowest BCUT2D eigenvalue weighted by Gasteiger charge is -2.29. The standard InChI is InChI=1S/C24H31ClN2O3/c1-5-6-14-26-24(29)19(4)27(15-20-11-7-8-12-21(20)25)23(28)16-30-22-13-9-10-17(2)18(22)3/h7-13,19H,5-6,14-16H2,1-4H3,(H,26,29)/t19-/m0/s1. The van der Waals surface area contributed by atoms with Crippen LogP contribution in [0.25, 0.3) is 0 Å². The molecule has 0 aliphatic heterocycles. The van der Waals surface area contributed by atoms with Crippen LogP contribution in [0.1, 0.15) is 43.4 Å². The Morgan fingerprint density at radius 2 is 1.87 bits per heavy atom. The van der Waals surface area contributed by atoms with E-state index in [0.29, 0.717) is 17.3 Å². The van der Waals surface area contributed by atoms with E-state index in [1.807, 2.05) is 50.2 Å². The Morgan fingerprint density at radius 1 is 1.13 bits per heavy atom. The fourth-order valence-corrected chi connectivity index (χ4v) is 3.23. The molecule has 2 rings (SSSR count). The summed E-state index contributed by atoms with van der Waals surface area (Å²) in [4.78, 5) is 27.2. The number of nitrogens with zero attached hydrogens (tertiary/aromatic N) is 1. The van der Waals surface area contributed by atoms with Gasteiger partial charge in [0.25, 0.3) is 5.91 Å². The van der Waals surface area contributed by atoms with Gasteiger partial charge in [0.1, 0.15) is 11.8 Å². The molecule has 0 fully saturated rings. The molecule has 0 saturated heterocycles. The Labute approximate surface area is 184 Å². The van der Waals surface area contributed by atoms with Gasteiger partial charge in [-0.05, 0) is 56.0 Å². The third kappa shape index (κ3) is 6.49. The van der Waals surface area contributed by atoms with E-state index in [1.165, 1.54) is 4.90 Å². The van der Waals surface area contributed by atoms with Crippen molar-refractivity contribution in [2.45, 2.75) is 53.1 Å². The molecule has 0 spiro atoms. The lowest BCUT2D eigenvalue weighted by atomic mass is 10.1. The minimum atomic E-state index is -0.646. The zero-order valence-electron chi connectivity index (χ0n) is 18.2. The molecular formula is C24H31ClN2O3. The number of hydrogen-bond acceptors (Lipinski definition) is 3. The molecule has 0 aromatic heterocycles. The molecule has 2 amide bonds. The first kappa shape index (κ1) is 23.7. The number of hydrogen-bond donors (Lipinski definition) is 1. The molecule has 6 heteroatoms. The third-order valence-corrected chi connectivity index (χ3v) is 5.57. The zero-order valence-corrected chi connectivity index (χ0v) is 19.0. The van der Waals surface area contributed by atoms with Crippen molar-refractivity contribution in [1.82, 2.24) is 10.2 Å². The molecule has 1 N–H and O–H groups in total. The summed E-state index contributed by atoms with van der Waals surface area (Å²) >= 11 is 6.30. The van der Waals surface area contributed by atoms with Gasteiger partial charge >= 0.3 is 0 Å². The summed E-state index contributed by atoms with van der Waals surface area (Å²) in [7, 11) is 0. The van der Waals surface area contributed by atoms with Crippen LogP contribution in [-0.2, 0) is 16.1 Å². The average Bonchev–Trinajstić information content (AvgIpc) is 2.73. The molecular weight excluding hydrogens is 400 g/mol. The predicted octanol–water partition coefficient (Wildman–Crippen LogP) is 4.67. The summed E-state index contributed by atoms with van der Waals surface area (Å²) < 4.78 is 5.80. The van der Waals surface area contributed by atoms with Crippen molar-refractivity contribution in [3.05, 3.63) is 64.2 Å². The molecule has 0 saturated carbocycles. The maximum Gasteiger partial charge on any atom is 0.261 e. The normalized spacial score (nSPS) is 11.6. The van der Waals surface area contributed by atoms with Gasteiger partial charge in [-0.25, -0.2) is 0 Å². The summed E-state index contributed by atoms with van der Waals surface area (Å²) in [6.07, 6.45) is 1.88. The van der Waals surface area contributed by atoms with Crippen LogP contribution in [0.2, 0.25) is 5.02 Å². The van der Waals surface area contributed by atoms with Crippen molar-refractivity contribution in [3.8, 4) is 5.75 Å². The molecule has 1 atom stereocenters. The van der Waals surface area contributed by atoms with Crippen molar-refractivity contribution in [3.63, 3.8) is 0 Å². The van der Waals surface area contributed by atoms with Gasteiger partial charge in [-0.1, -0.05) is 55.3 Å². The fourth-order valence-electron chi connectivity index (χ4n) is 3.03. The van der Waals surface area contributed by atoms with Gasteiger partial charge in [-0.2, -0.15) is 0 Å². The molecule has 0 radical (unpaired) electrons. The summed E-state index contributed by atoms with van der Waals surface area (Å²) in [5.74, 6) is 0.214. The fraction of sp³-hybridized carbons (Fsp3) is 0.417. The quantitative estimate of drug-likeness (QED) is 0.557. The van der Waals surface area contributed by atoms with Crippen LogP contribution in [0.15, 0.2) is 42.5 Å². The first-order valence-corrected chi connectivity index (χ1v) is 10.7. The topological polar surface area (TPSA) is 58.6 Å². The SMILES string of the molecule is CCCCNC(=O)[C@H](C)N(Cc1ccccc1Cl)C(=O)COc1cccc(C)c1C. The van der Waals surface area contributed by atoms with Gasteiger partial charge in [0.15, 0.2) is 6.61 Å². The van der Waals surface area contributed by atoms with E-state index < -0.39 is 6.04 Å². The van der Waals surface area contributed by atoms with Crippen molar-refractivity contribution < 1.29 is 14.3 Å². The maximum absolute atomic E-state index is 13.1. The Balaban J connectivity index is 2.16. The summed E-state index contributed by atoms with van der Waals surface area (Å²) in [5.41, 5.74) is 2.87. The molecule has 2 aromatic carbocycles. The van der Waals surface area contributed by atoms with E-state index in [0.717, 1.165) is 29.5 Å². The molecule has 5 nitrogen and oxygen atoms in total. The number of amides is 2. The maximum atomic E-state index is 13.1. The molecule has 0 unspecified atom stereocenters. The van der Waals surface area contributed by atoms with E-state index in [9.17, 15) is 9.59 Å². The number of nitrogens with one attached hydrogen (secondary N) is 1. The predicted molar refractivity (Wildman–Crippen MR) is 121 cm³/mol. The lowest BCUT2D eigenvalue weighted by molar-refractivity contribution is -0.142. The second-order valence-electron chi connectivity index (χ2n) is 7.42. The van der Waals surface area contributed by atoms with Crippen molar-refractivity contribution in [1.29, 1.82) is 0 Å². The third-order valence-electron chi connectivity index (χ3n) is 5.20. The Morgan fingerprint density at radius 3 is 2.57 bits per heavy atom. The smallest absolute Gasteiger partial charge is 0.261 e. The van der Waals surface area contributed by atoms with Crippen LogP contribution in [0, 0.1) is 13.8 Å². The van der Waals surface area contributed by atoms with E-state index in [-0.39, 0.29) is 25.0 Å². The van der Waals surface area contributed by atoms with Crippen LogP contribution in [-0.4, -0.2) is 35.9 Å². The highest BCUT2D eigenvalue weighted by Gasteiger charge is 2.27. The molecule has 162 valence electrons. The van der Waals surface area contributed by atoms with Crippen molar-refractivity contribution in [2.24, 2.45) is 0 Å². The van der Waals surface area contributed by atoms with Crippen LogP contribution in [0.3, 0.4) is 0 Å². The molecule has 0 heterocycles. The van der Waals surface area contributed by atoms with Crippen LogP contribution in [0.4, 0.5) is 0 Å². The lowest BCUT2D eigenvalue weighted by Crippen LogP contribution is -2.49. The number of carbonyl (C=O) groups excluding carboxylic acids is 2. The van der Waals surface area contributed by atoms with Crippen molar-refractivity contribution in [2.75, 3.05) is 13.2 Å². The second-order valence-corrected chi connectivity index (χ2v) is 7.83. The first-order valence-electron chi connectivity index (χ1n) is 10.3. The molecule has 0 aliphatic carbocycles. The van der Waals surface area contributed by atoms with Gasteiger partial charge in [-0.3, -0.25) is 9.59 Å². The van der Waals surface area contributed by atoms with Gasteiger partial charge in [-0.15, -0.1) is 0 Å². The van der Waals surface area contributed by atoms with Crippen molar-refractivity contribution >= 4 is 23.4 Å². The highest BCUT2D eigenvalue weighted by Crippen LogP contribution is 2.22. The van der Waals surface area contributed by atoms with E-state index in [4.69, 9.17) is 16.3 Å². The number of rotatable bonds is 10. The number of halogens is 1. The van der Waals surface area contributed by atoms with Crippen LogP contribution < -0.4 is 10.1 Å². The number of ether oxygens (including phenoxy) is 1. The van der Waals surface area contributed by atoms with E-state index in [2.05, 4.69) is 12.2 Å². The summed E-state index contributed by atoms with van der Waals surface area (Å²) in [6.45, 7) is 8.42. The van der Waals surface area contributed by atoms with Crippen LogP contribution in [0.5, 0.6) is 5.75 Å². The van der Waals surface area contributed by atoms with Gasteiger partial charge in [0.2, 0.25) is 5.91 Å². The largest absolute Gasteiger partial charge is 0.483 e. The van der Waals surface area contributed by atoms with Crippen LogP contribution >= 0.6 is 11.6 Å². The minimum Gasteiger partial charge on any atom is -0.483 e. The Kier molecular flexibility index (Phi) is 9.18. The number of unbranched alkanes of at least 4 members (excludes halogenated alkanes) is 1. The molecule has 0 aliphatic rings. The number of carbonyl (C=O) groups is 2. The Hall–Kier alpha value is -2.53. The van der Waals surface area contributed by atoms with E-state index in [1.54, 1.807) is 13.0 Å². The highest BCUT2D eigenvalue weighted by atomic mass is 35.5. The Bertz CT molecular complexity index is 869. The molecule has 0 bridgehead atoms. The zero-order chi connectivity index (χ0) is 22.1. The summed E-state index contributed by atoms with van der Waals surface area (Å²) in [6, 6.07) is 12.4. The van der Waals surface area contributed by atoms with Gasteiger partial charge in [0.05, 0.1) is 0 Å². The first-order chi connectivity index (χ1) is 14.3. The highest BCUT2D eigenvalue weighted by molar-refractivity contribution is 6.31. The number of benzene rings is 2. The monoisotopic (exact) mass is 430 g/mol. The summed E-state index contributed by atoms with van der Waals surface area (Å²) in [5, 5.41) is 3.46. The number of aryl methyl sites for hydroxylation is 1. The van der Waals surface area contributed by atoms with E-state index >= 15 is 0 Å². The second kappa shape index (κ2) is 11.6. The van der Waals surface area contributed by atoms with Gasteiger partial charge in [0, 0.05) is 18.1 Å².